The van der Waals surface area contributed by atoms with Crippen LogP contribution >= 0.6 is 0 Å². The Bertz CT molecular complexity index is 1340. The molecule has 3 N–H and O–H groups in total. The molecule has 1 atom stereocenters. The van der Waals surface area contributed by atoms with Gasteiger partial charge in [0.15, 0.2) is 17.4 Å². The van der Waals surface area contributed by atoms with Crippen LogP contribution in [0.5, 0.6) is 11.6 Å². The number of nitrogen functional groups attached to an aromatic ring is 1. The largest absolute Gasteiger partial charge is 0.435 e. The molecule has 1 aliphatic carbocycles. The zero-order valence-electron chi connectivity index (χ0n) is 16.4. The van der Waals surface area contributed by atoms with Gasteiger partial charge in [-0.15, -0.1) is 0 Å². The highest BCUT2D eigenvalue weighted by Crippen LogP contribution is 2.49. The lowest BCUT2D eigenvalue weighted by Gasteiger charge is -2.14. The molecule has 14 heteroatoms. The van der Waals surface area contributed by atoms with Crippen molar-refractivity contribution in [1.82, 2.24) is 15.0 Å². The first-order valence-electron chi connectivity index (χ1n) is 9.24. The first-order valence-corrected chi connectivity index (χ1v) is 10.9. The topological polar surface area (TPSA) is 120 Å². The lowest BCUT2D eigenvalue weighted by atomic mass is 10.2. The molecular formula is C19H14F5N5O3S. The van der Waals surface area contributed by atoms with E-state index in [4.69, 9.17) is 10.5 Å². The third-order valence-corrected chi connectivity index (χ3v) is 6.04. The summed E-state index contributed by atoms with van der Waals surface area (Å²) in [5.74, 6) is -12.2. The van der Waals surface area contributed by atoms with E-state index in [9.17, 15) is 30.4 Å². The Morgan fingerprint density at radius 1 is 1.15 bits per heavy atom. The second-order valence-electron chi connectivity index (χ2n) is 7.16. The molecule has 174 valence electrons. The fraction of sp³-hybridized carbons (Fsp3) is 0.211. The molecule has 1 aromatic carbocycles. The van der Waals surface area contributed by atoms with Gasteiger partial charge in [0.1, 0.15) is 5.69 Å². The zero-order chi connectivity index (χ0) is 24.0. The normalized spacial score (nSPS) is 16.9. The number of halogens is 5. The lowest BCUT2D eigenvalue weighted by molar-refractivity contribution is 0.103. The number of nitrogens with two attached hydrogens (primary N) is 1. The summed E-state index contributed by atoms with van der Waals surface area (Å²) < 4.78 is 100. The molecule has 0 radical (unpaired) electrons. The molecule has 8 nitrogen and oxygen atoms in total. The molecule has 1 fully saturated rings. The molecule has 0 bridgehead atoms. The number of anilines is 2. The van der Waals surface area contributed by atoms with Crippen LogP contribution in [0.1, 0.15) is 6.42 Å². The molecule has 1 aliphatic rings. The minimum Gasteiger partial charge on any atom is -0.435 e. The van der Waals surface area contributed by atoms with Crippen LogP contribution < -0.4 is 15.2 Å². The van der Waals surface area contributed by atoms with Crippen LogP contribution in [-0.4, -0.2) is 35.0 Å². The van der Waals surface area contributed by atoms with Crippen LogP contribution in [0.25, 0.3) is 11.3 Å². The SMILES string of the molecule is Nc1nccc(-c2cccnc2Oc2cc(F)c(NS(=O)(=O)CC3CC3(F)F)c(F)c2F)n1. The minimum atomic E-state index is -4.58. The molecule has 1 saturated carbocycles. The van der Waals surface area contributed by atoms with Crippen molar-refractivity contribution in [1.29, 1.82) is 0 Å². The first kappa shape index (κ1) is 22.6. The van der Waals surface area contributed by atoms with Crippen molar-refractivity contribution in [3.05, 3.63) is 54.1 Å². The van der Waals surface area contributed by atoms with Gasteiger partial charge in [-0.3, -0.25) is 4.72 Å². The van der Waals surface area contributed by atoms with Gasteiger partial charge in [0.25, 0.3) is 5.92 Å². The number of aromatic nitrogens is 3. The molecule has 0 amide bonds. The van der Waals surface area contributed by atoms with Gasteiger partial charge in [0, 0.05) is 30.8 Å². The van der Waals surface area contributed by atoms with Crippen molar-refractivity contribution in [3.8, 4) is 22.9 Å². The van der Waals surface area contributed by atoms with Crippen LogP contribution in [0.2, 0.25) is 0 Å². The maximum absolute atomic E-state index is 14.6. The van der Waals surface area contributed by atoms with Gasteiger partial charge in [0.2, 0.25) is 27.7 Å². The molecule has 33 heavy (non-hydrogen) atoms. The number of benzene rings is 1. The van der Waals surface area contributed by atoms with E-state index in [1.807, 2.05) is 0 Å². The summed E-state index contributed by atoms with van der Waals surface area (Å²) >= 11 is 0. The van der Waals surface area contributed by atoms with Gasteiger partial charge in [0.05, 0.1) is 17.0 Å². The average Bonchev–Trinajstić information content (AvgIpc) is 3.34. The van der Waals surface area contributed by atoms with Crippen molar-refractivity contribution in [2.75, 3.05) is 16.2 Å². The lowest BCUT2D eigenvalue weighted by Crippen LogP contribution is -2.21. The second-order valence-corrected chi connectivity index (χ2v) is 8.93. The number of nitrogens with one attached hydrogen (secondary N) is 1. The molecule has 0 saturated heterocycles. The molecule has 2 aromatic heterocycles. The van der Waals surface area contributed by atoms with Crippen molar-refractivity contribution < 1.29 is 35.1 Å². The van der Waals surface area contributed by atoms with E-state index in [1.165, 1.54) is 35.3 Å². The van der Waals surface area contributed by atoms with E-state index < -0.39 is 62.9 Å². The maximum Gasteiger partial charge on any atom is 0.252 e. The molecule has 0 aliphatic heterocycles. The van der Waals surface area contributed by atoms with E-state index in [1.54, 1.807) is 0 Å². The van der Waals surface area contributed by atoms with E-state index in [0.29, 0.717) is 6.07 Å². The Kier molecular flexibility index (Phi) is 5.56. The maximum atomic E-state index is 14.6. The summed E-state index contributed by atoms with van der Waals surface area (Å²) in [6.07, 6.45) is 1.95. The van der Waals surface area contributed by atoms with Crippen LogP contribution in [0.4, 0.5) is 33.6 Å². The number of sulfonamides is 1. The standard InChI is InChI=1S/C19H14F5N5O3S/c20-11-6-13(32-17-10(2-1-4-26-17)12-3-5-27-18(25)28-12)14(21)15(22)16(11)29-33(30,31)8-9-7-19(9,23)24/h1-6,9,29H,7-8H2,(H2,25,27,28). The second kappa shape index (κ2) is 8.10. The van der Waals surface area contributed by atoms with E-state index >= 15 is 0 Å². The number of pyridine rings is 1. The summed E-state index contributed by atoms with van der Waals surface area (Å²) in [5.41, 5.74) is 4.61. The van der Waals surface area contributed by atoms with Crippen molar-refractivity contribution in [3.63, 3.8) is 0 Å². The number of nitrogens with zero attached hydrogens (tertiary/aromatic N) is 3. The highest BCUT2D eigenvalue weighted by Gasteiger charge is 2.58. The molecule has 3 aromatic rings. The van der Waals surface area contributed by atoms with Gasteiger partial charge in [-0.05, 0) is 18.2 Å². The zero-order valence-corrected chi connectivity index (χ0v) is 17.2. The molecular weight excluding hydrogens is 473 g/mol. The van der Waals surface area contributed by atoms with Crippen LogP contribution in [0, 0.1) is 23.4 Å². The fourth-order valence-corrected chi connectivity index (χ4v) is 4.42. The Balaban J connectivity index is 1.63. The van der Waals surface area contributed by atoms with Crippen molar-refractivity contribution in [2.24, 2.45) is 5.92 Å². The summed E-state index contributed by atoms with van der Waals surface area (Å²) in [4.78, 5) is 11.6. The average molecular weight is 487 g/mol. The monoisotopic (exact) mass is 487 g/mol. The third kappa shape index (κ3) is 4.79. The van der Waals surface area contributed by atoms with Crippen molar-refractivity contribution >= 4 is 21.7 Å². The van der Waals surface area contributed by atoms with E-state index in [-0.39, 0.29) is 23.1 Å². The molecule has 2 heterocycles. The Hall–Kier alpha value is -3.55. The van der Waals surface area contributed by atoms with Gasteiger partial charge < -0.3 is 10.5 Å². The minimum absolute atomic E-state index is 0.0776. The predicted octanol–water partition coefficient (Wildman–Crippen LogP) is 3.73. The smallest absolute Gasteiger partial charge is 0.252 e. The van der Waals surface area contributed by atoms with Gasteiger partial charge in [-0.1, -0.05) is 0 Å². The van der Waals surface area contributed by atoms with Crippen LogP contribution in [0.15, 0.2) is 36.7 Å². The summed E-state index contributed by atoms with van der Waals surface area (Å²) in [7, 11) is -4.58. The Morgan fingerprint density at radius 3 is 2.55 bits per heavy atom. The summed E-state index contributed by atoms with van der Waals surface area (Å²) in [6, 6.07) is 4.82. The van der Waals surface area contributed by atoms with Crippen LogP contribution in [0.3, 0.4) is 0 Å². The fourth-order valence-electron chi connectivity index (χ4n) is 2.95. The van der Waals surface area contributed by atoms with Crippen molar-refractivity contribution in [2.45, 2.75) is 12.3 Å². The number of ether oxygens (including phenoxy) is 1. The van der Waals surface area contributed by atoms with Gasteiger partial charge in [-0.2, -0.15) is 4.39 Å². The third-order valence-electron chi connectivity index (χ3n) is 4.69. The summed E-state index contributed by atoms with van der Waals surface area (Å²) in [6.45, 7) is 0. The first-order chi connectivity index (χ1) is 15.5. The molecule has 4 rings (SSSR count). The van der Waals surface area contributed by atoms with Crippen LogP contribution in [-0.2, 0) is 10.0 Å². The number of alkyl halides is 2. The van der Waals surface area contributed by atoms with Gasteiger partial charge >= 0.3 is 0 Å². The van der Waals surface area contributed by atoms with E-state index in [2.05, 4.69) is 15.0 Å². The highest BCUT2D eigenvalue weighted by atomic mass is 32.2. The molecule has 0 spiro atoms. The Morgan fingerprint density at radius 2 is 1.88 bits per heavy atom. The predicted molar refractivity (Wildman–Crippen MR) is 107 cm³/mol. The van der Waals surface area contributed by atoms with Gasteiger partial charge in [-0.25, -0.2) is 40.9 Å². The van der Waals surface area contributed by atoms with E-state index in [0.717, 1.165) is 0 Å². The number of rotatable bonds is 7. The Labute approximate surface area is 183 Å². The number of hydrogen-bond acceptors (Lipinski definition) is 7. The number of hydrogen-bond donors (Lipinski definition) is 2. The summed E-state index contributed by atoms with van der Waals surface area (Å²) in [5, 5.41) is 0. The highest BCUT2D eigenvalue weighted by molar-refractivity contribution is 7.92. The quantitative estimate of drug-likeness (QED) is 0.385. The molecule has 1 unspecified atom stereocenters.